The molecule has 0 amide bonds. The molecule has 0 aliphatic heterocycles. The van der Waals surface area contributed by atoms with Gasteiger partial charge in [0.15, 0.2) is 0 Å². The Hall–Kier alpha value is -3.49. The van der Waals surface area contributed by atoms with Gasteiger partial charge in [-0.05, 0) is 41.1 Å². The van der Waals surface area contributed by atoms with Crippen LogP contribution in [0.3, 0.4) is 0 Å². The lowest BCUT2D eigenvalue weighted by molar-refractivity contribution is 0.475. The van der Waals surface area contributed by atoms with Crippen molar-refractivity contribution < 1.29 is 23.2 Å². The van der Waals surface area contributed by atoms with Gasteiger partial charge in [-0.25, -0.2) is 0 Å². The predicted octanol–water partition coefficient (Wildman–Crippen LogP) is 5.07. The largest absolute Gasteiger partial charge is 0.508 e. The third-order valence-electron chi connectivity index (χ3n) is 4.34. The highest BCUT2D eigenvalue weighted by Gasteiger charge is 2.16. The number of phenolic OH excluding ortho intramolecular Hbond substituents is 2. The summed E-state index contributed by atoms with van der Waals surface area (Å²) < 4.78 is 33.1. The van der Waals surface area contributed by atoms with Crippen LogP contribution in [0.25, 0.3) is 21.5 Å². The van der Waals surface area contributed by atoms with Gasteiger partial charge in [-0.3, -0.25) is 4.55 Å². The van der Waals surface area contributed by atoms with Crippen molar-refractivity contribution in [3.05, 3.63) is 66.7 Å². The Balaban J connectivity index is 1.95. The lowest BCUT2D eigenvalue weighted by Gasteiger charge is -2.07. The van der Waals surface area contributed by atoms with E-state index in [9.17, 15) is 23.2 Å². The molecule has 0 atom stereocenters. The number of azo groups is 1. The molecular weight excluding hydrogens is 380 g/mol. The van der Waals surface area contributed by atoms with Crippen LogP contribution in [0, 0.1) is 0 Å². The average molecular weight is 394 g/mol. The Bertz CT molecular complexity index is 1350. The molecule has 4 aromatic rings. The van der Waals surface area contributed by atoms with Crippen molar-refractivity contribution in [2.75, 3.05) is 0 Å². The standard InChI is InChI=1S/C20H14N2O5S/c23-14-9-7-12-8-10-17(24)20(15(12)11-14)22-21-16-5-1-3-13-4-2-6-18(19(13)16)28(25,26)27/h1-11,23-24H,(H,25,26,27)/b22-21+. The minimum atomic E-state index is -4.47. The molecule has 0 fully saturated rings. The second kappa shape index (κ2) is 6.59. The van der Waals surface area contributed by atoms with Crippen molar-refractivity contribution in [2.24, 2.45) is 10.2 Å². The van der Waals surface area contributed by atoms with E-state index < -0.39 is 10.1 Å². The zero-order valence-electron chi connectivity index (χ0n) is 14.3. The fraction of sp³-hybridized carbons (Fsp3) is 0. The smallest absolute Gasteiger partial charge is 0.295 e. The molecule has 0 aromatic heterocycles. The SMILES string of the molecule is O=S(=O)(O)c1cccc2cccc(/N=N/c3c(O)ccc4ccc(O)cc34)c12. The number of rotatable bonds is 3. The van der Waals surface area contributed by atoms with Gasteiger partial charge in [0.2, 0.25) is 0 Å². The van der Waals surface area contributed by atoms with Crippen molar-refractivity contribution in [3.8, 4) is 11.5 Å². The quantitative estimate of drug-likeness (QED) is 0.331. The number of phenols is 2. The van der Waals surface area contributed by atoms with Crippen LogP contribution >= 0.6 is 0 Å². The average Bonchev–Trinajstić information content (AvgIpc) is 2.66. The maximum atomic E-state index is 11.8. The molecule has 7 nitrogen and oxygen atoms in total. The zero-order valence-corrected chi connectivity index (χ0v) is 15.1. The van der Waals surface area contributed by atoms with Gasteiger partial charge in [-0.2, -0.15) is 8.42 Å². The molecule has 0 aliphatic rings. The molecule has 8 heteroatoms. The van der Waals surface area contributed by atoms with E-state index in [1.165, 1.54) is 30.3 Å². The molecule has 0 bridgehead atoms. The second-order valence-electron chi connectivity index (χ2n) is 6.15. The van der Waals surface area contributed by atoms with Crippen LogP contribution in [-0.2, 0) is 10.1 Å². The predicted molar refractivity (Wildman–Crippen MR) is 105 cm³/mol. The summed E-state index contributed by atoms with van der Waals surface area (Å²) >= 11 is 0. The van der Waals surface area contributed by atoms with Crippen molar-refractivity contribution in [2.45, 2.75) is 4.90 Å². The maximum absolute atomic E-state index is 11.8. The summed E-state index contributed by atoms with van der Waals surface area (Å²) in [5.74, 6) is -0.134. The number of benzene rings is 4. The van der Waals surface area contributed by atoms with Crippen molar-refractivity contribution in [3.63, 3.8) is 0 Å². The number of aromatic hydroxyl groups is 2. The third kappa shape index (κ3) is 3.15. The first-order valence-electron chi connectivity index (χ1n) is 8.20. The van der Waals surface area contributed by atoms with Gasteiger partial charge < -0.3 is 10.2 Å². The van der Waals surface area contributed by atoms with E-state index in [0.717, 1.165) is 5.39 Å². The maximum Gasteiger partial charge on any atom is 0.295 e. The number of nitrogens with zero attached hydrogens (tertiary/aromatic N) is 2. The number of hydrogen-bond acceptors (Lipinski definition) is 6. The topological polar surface area (TPSA) is 120 Å². The highest BCUT2D eigenvalue weighted by Crippen LogP contribution is 2.39. The summed E-state index contributed by atoms with van der Waals surface area (Å²) in [7, 11) is -4.47. The fourth-order valence-corrected chi connectivity index (χ4v) is 3.81. The Morgan fingerprint density at radius 3 is 2.25 bits per heavy atom. The summed E-state index contributed by atoms with van der Waals surface area (Å²) in [5, 5.41) is 30.2. The van der Waals surface area contributed by atoms with Crippen LogP contribution in [0.1, 0.15) is 0 Å². The van der Waals surface area contributed by atoms with Gasteiger partial charge in [-0.1, -0.05) is 36.4 Å². The fourth-order valence-electron chi connectivity index (χ4n) is 3.07. The van der Waals surface area contributed by atoms with E-state index in [4.69, 9.17) is 0 Å². The van der Waals surface area contributed by atoms with E-state index in [1.807, 2.05) is 0 Å². The zero-order chi connectivity index (χ0) is 19.9. The Morgan fingerprint density at radius 1 is 0.786 bits per heavy atom. The molecule has 0 radical (unpaired) electrons. The molecule has 0 aliphatic carbocycles. The number of fused-ring (bicyclic) bond motifs is 2. The molecule has 140 valence electrons. The molecule has 3 N–H and O–H groups in total. The van der Waals surface area contributed by atoms with Crippen LogP contribution in [-0.4, -0.2) is 23.2 Å². The highest BCUT2D eigenvalue weighted by molar-refractivity contribution is 7.86. The van der Waals surface area contributed by atoms with Crippen molar-refractivity contribution >= 4 is 43.0 Å². The first-order chi connectivity index (χ1) is 13.3. The lowest BCUT2D eigenvalue weighted by Crippen LogP contribution is -1.98. The third-order valence-corrected chi connectivity index (χ3v) is 5.23. The Morgan fingerprint density at radius 2 is 1.50 bits per heavy atom. The van der Waals surface area contributed by atoms with Crippen molar-refractivity contribution in [1.29, 1.82) is 0 Å². The summed E-state index contributed by atoms with van der Waals surface area (Å²) in [6.45, 7) is 0. The second-order valence-corrected chi connectivity index (χ2v) is 7.54. The summed E-state index contributed by atoms with van der Waals surface area (Å²) in [6.07, 6.45) is 0. The Kier molecular flexibility index (Phi) is 4.21. The van der Waals surface area contributed by atoms with Crippen LogP contribution in [0.4, 0.5) is 11.4 Å². The molecule has 28 heavy (non-hydrogen) atoms. The lowest BCUT2D eigenvalue weighted by atomic mass is 10.1. The van der Waals surface area contributed by atoms with Gasteiger partial charge >= 0.3 is 0 Å². The van der Waals surface area contributed by atoms with Crippen LogP contribution in [0.5, 0.6) is 11.5 Å². The minimum absolute atomic E-state index is 0.00775. The van der Waals surface area contributed by atoms with Gasteiger partial charge in [-0.15, -0.1) is 10.2 Å². The van der Waals surface area contributed by atoms with E-state index in [2.05, 4.69) is 10.2 Å². The first kappa shape index (κ1) is 17.9. The molecule has 0 saturated heterocycles. The molecular formula is C20H14N2O5S. The molecule has 4 aromatic carbocycles. The molecule has 0 heterocycles. The van der Waals surface area contributed by atoms with Crippen LogP contribution in [0.15, 0.2) is 81.9 Å². The van der Waals surface area contributed by atoms with Gasteiger partial charge in [0.1, 0.15) is 22.1 Å². The summed E-state index contributed by atoms with van der Waals surface area (Å²) in [5.41, 5.74) is 0.344. The summed E-state index contributed by atoms with van der Waals surface area (Å²) in [6, 6.07) is 17.2. The van der Waals surface area contributed by atoms with Crippen molar-refractivity contribution in [1.82, 2.24) is 0 Å². The normalized spacial score (nSPS) is 12.2. The van der Waals surface area contributed by atoms with Crippen LogP contribution < -0.4 is 0 Å². The van der Waals surface area contributed by atoms with E-state index in [0.29, 0.717) is 10.8 Å². The minimum Gasteiger partial charge on any atom is -0.508 e. The highest BCUT2D eigenvalue weighted by atomic mass is 32.2. The Labute approximate surface area is 160 Å². The van der Waals surface area contributed by atoms with E-state index >= 15 is 0 Å². The monoisotopic (exact) mass is 394 g/mol. The molecule has 0 saturated carbocycles. The summed E-state index contributed by atoms with van der Waals surface area (Å²) in [4.78, 5) is -0.278. The first-order valence-corrected chi connectivity index (χ1v) is 9.64. The number of hydrogen-bond donors (Lipinski definition) is 3. The molecule has 0 spiro atoms. The van der Waals surface area contributed by atoms with Gasteiger partial charge in [0.25, 0.3) is 10.1 Å². The van der Waals surface area contributed by atoms with E-state index in [1.54, 1.807) is 36.4 Å². The molecule has 4 rings (SSSR count). The molecule has 0 unspecified atom stereocenters. The van der Waals surface area contributed by atoms with Gasteiger partial charge in [0.05, 0.1) is 5.69 Å². The van der Waals surface area contributed by atoms with Crippen LogP contribution in [0.2, 0.25) is 0 Å². The van der Waals surface area contributed by atoms with E-state index in [-0.39, 0.29) is 33.2 Å². The van der Waals surface area contributed by atoms with Gasteiger partial charge in [0, 0.05) is 10.8 Å².